The van der Waals surface area contributed by atoms with Crippen molar-refractivity contribution in [3.63, 3.8) is 0 Å². The standard InChI is InChI=1S/C23H31FN6O/c1-14-7-8-19(24)21(26-14)27-20-17-13-30(23(3,4)18(17)10-25-20)22(31)29-12-16-6-5-9-28(16)11-15(29)2/h7-8,15-16H,5-6,9-13H2,1-4H3,(H,25,26,27)/t15-,16-/m0/s1. The predicted octanol–water partition coefficient (Wildman–Crippen LogP) is 3.03. The van der Waals surface area contributed by atoms with Crippen LogP contribution >= 0.6 is 0 Å². The molecule has 0 saturated carbocycles. The highest BCUT2D eigenvalue weighted by Crippen LogP contribution is 2.39. The second-order valence-electron chi connectivity index (χ2n) is 9.75. The predicted molar refractivity (Wildman–Crippen MR) is 119 cm³/mol. The minimum atomic E-state index is -0.426. The third kappa shape index (κ3) is 3.32. The summed E-state index contributed by atoms with van der Waals surface area (Å²) in [5.41, 5.74) is 2.43. The van der Waals surface area contributed by atoms with E-state index in [4.69, 9.17) is 0 Å². The van der Waals surface area contributed by atoms with Crippen LogP contribution in [0.2, 0.25) is 0 Å². The molecule has 1 aromatic rings. The van der Waals surface area contributed by atoms with Crippen molar-refractivity contribution in [3.8, 4) is 0 Å². The lowest BCUT2D eigenvalue weighted by Crippen LogP contribution is -2.61. The van der Waals surface area contributed by atoms with Crippen LogP contribution in [0.15, 0.2) is 28.3 Å². The van der Waals surface area contributed by atoms with Gasteiger partial charge < -0.3 is 15.1 Å². The molecule has 5 rings (SSSR count). The summed E-state index contributed by atoms with van der Waals surface area (Å²) in [6.07, 6.45) is 2.39. The van der Waals surface area contributed by atoms with Gasteiger partial charge in [-0.15, -0.1) is 0 Å². The molecule has 1 N–H and O–H groups in total. The van der Waals surface area contributed by atoms with Crippen LogP contribution in [0, 0.1) is 12.7 Å². The van der Waals surface area contributed by atoms with E-state index in [1.54, 1.807) is 6.07 Å². The molecule has 0 aliphatic carbocycles. The second kappa shape index (κ2) is 7.29. The van der Waals surface area contributed by atoms with Crippen molar-refractivity contribution >= 4 is 17.7 Å². The normalized spacial score (nSPS) is 27.5. The number of aliphatic imine (C=N–C) groups is 1. The first-order valence-electron chi connectivity index (χ1n) is 11.3. The lowest BCUT2D eigenvalue weighted by atomic mass is 9.94. The molecule has 8 heteroatoms. The summed E-state index contributed by atoms with van der Waals surface area (Å²) in [5.74, 6) is 0.404. The van der Waals surface area contributed by atoms with Crippen molar-refractivity contribution in [2.24, 2.45) is 4.99 Å². The van der Waals surface area contributed by atoms with Crippen molar-refractivity contribution in [3.05, 3.63) is 34.8 Å². The maximum atomic E-state index is 14.2. The number of hydrogen-bond acceptors (Lipinski definition) is 5. The quantitative estimate of drug-likeness (QED) is 0.750. The monoisotopic (exact) mass is 426 g/mol. The molecule has 0 radical (unpaired) electrons. The summed E-state index contributed by atoms with van der Waals surface area (Å²) < 4.78 is 14.2. The molecular weight excluding hydrogens is 395 g/mol. The Balaban J connectivity index is 1.35. The van der Waals surface area contributed by atoms with Crippen LogP contribution in [-0.2, 0) is 0 Å². The maximum absolute atomic E-state index is 14.2. The number of piperazine rings is 1. The molecule has 0 spiro atoms. The number of anilines is 1. The smallest absolute Gasteiger partial charge is 0.321 e. The third-order valence-electron chi connectivity index (χ3n) is 7.41. The van der Waals surface area contributed by atoms with E-state index < -0.39 is 11.4 Å². The van der Waals surface area contributed by atoms with Gasteiger partial charge in [0, 0.05) is 36.4 Å². The summed E-state index contributed by atoms with van der Waals surface area (Å²) in [6.45, 7) is 12.1. The number of nitrogens with zero attached hydrogens (tertiary/aromatic N) is 5. The Bertz CT molecular complexity index is 986. The molecule has 2 fully saturated rings. The van der Waals surface area contributed by atoms with Gasteiger partial charge in [-0.2, -0.15) is 0 Å². The summed E-state index contributed by atoms with van der Waals surface area (Å²) in [6, 6.07) is 3.84. The Morgan fingerprint density at radius 1 is 1.29 bits per heavy atom. The maximum Gasteiger partial charge on any atom is 0.321 e. The minimum Gasteiger partial charge on any atom is -0.322 e. The number of carbonyl (C=O) groups excluding carboxylic acids is 1. The molecule has 2 atom stereocenters. The van der Waals surface area contributed by atoms with Gasteiger partial charge in [-0.3, -0.25) is 9.89 Å². The third-order valence-corrected chi connectivity index (χ3v) is 7.41. The highest BCUT2D eigenvalue weighted by atomic mass is 19.1. The average molecular weight is 427 g/mol. The van der Waals surface area contributed by atoms with Crippen LogP contribution in [0.3, 0.4) is 0 Å². The molecule has 2 amide bonds. The van der Waals surface area contributed by atoms with Gasteiger partial charge >= 0.3 is 6.03 Å². The molecule has 0 unspecified atom stereocenters. The Hall–Kier alpha value is -2.48. The van der Waals surface area contributed by atoms with Crippen LogP contribution < -0.4 is 5.32 Å². The number of urea groups is 1. The first-order chi connectivity index (χ1) is 14.8. The summed E-state index contributed by atoms with van der Waals surface area (Å²) in [7, 11) is 0. The van der Waals surface area contributed by atoms with Crippen LogP contribution in [0.1, 0.15) is 39.3 Å². The van der Waals surface area contributed by atoms with E-state index in [-0.39, 0.29) is 17.9 Å². The van der Waals surface area contributed by atoms with Crippen molar-refractivity contribution in [1.82, 2.24) is 19.7 Å². The number of halogens is 1. The number of amides is 2. The number of nitrogens with one attached hydrogen (secondary N) is 1. The van der Waals surface area contributed by atoms with E-state index in [0.717, 1.165) is 36.5 Å². The zero-order valence-corrected chi connectivity index (χ0v) is 18.8. The van der Waals surface area contributed by atoms with Crippen molar-refractivity contribution in [2.75, 3.05) is 38.0 Å². The van der Waals surface area contributed by atoms with Crippen molar-refractivity contribution in [1.29, 1.82) is 0 Å². The van der Waals surface area contributed by atoms with Gasteiger partial charge in [0.05, 0.1) is 18.6 Å². The van der Waals surface area contributed by atoms with Crippen LogP contribution in [0.25, 0.3) is 0 Å². The fourth-order valence-corrected chi connectivity index (χ4v) is 5.51. The number of aromatic nitrogens is 1. The molecule has 0 aromatic carbocycles. The Labute approximate surface area is 183 Å². The molecule has 0 bridgehead atoms. The zero-order valence-electron chi connectivity index (χ0n) is 18.8. The first-order valence-corrected chi connectivity index (χ1v) is 11.3. The molecule has 4 aliphatic rings. The van der Waals surface area contributed by atoms with Crippen LogP contribution in [-0.4, -0.2) is 81.9 Å². The molecule has 2 saturated heterocycles. The molecule has 5 heterocycles. The van der Waals surface area contributed by atoms with Gasteiger partial charge in [-0.25, -0.2) is 14.2 Å². The lowest BCUT2D eigenvalue weighted by Gasteiger charge is -2.46. The molecule has 31 heavy (non-hydrogen) atoms. The van der Waals surface area contributed by atoms with Crippen LogP contribution in [0.5, 0.6) is 0 Å². The number of carbonyl (C=O) groups is 1. The highest BCUT2D eigenvalue weighted by molar-refractivity contribution is 6.11. The van der Waals surface area contributed by atoms with Gasteiger partial charge in [-0.1, -0.05) is 0 Å². The first kappa shape index (κ1) is 20.4. The molecular formula is C23H31FN6O. The number of amidine groups is 1. The lowest BCUT2D eigenvalue weighted by molar-refractivity contribution is 0.0549. The molecule has 1 aromatic heterocycles. The minimum absolute atomic E-state index is 0.0951. The van der Waals surface area contributed by atoms with Crippen molar-refractivity contribution < 1.29 is 9.18 Å². The average Bonchev–Trinajstić information content (AvgIpc) is 3.40. The van der Waals surface area contributed by atoms with E-state index >= 15 is 0 Å². The van der Waals surface area contributed by atoms with E-state index in [1.807, 2.05) is 11.8 Å². The number of pyridine rings is 1. The van der Waals surface area contributed by atoms with E-state index in [2.05, 4.69) is 45.9 Å². The number of fused-ring (bicyclic) bond motifs is 1. The van der Waals surface area contributed by atoms with E-state index in [1.165, 1.54) is 18.9 Å². The Kier molecular flexibility index (Phi) is 4.80. The number of aryl methyl sites for hydroxylation is 1. The Morgan fingerprint density at radius 3 is 2.90 bits per heavy atom. The largest absolute Gasteiger partial charge is 0.322 e. The number of hydrogen-bond donors (Lipinski definition) is 1. The van der Waals surface area contributed by atoms with Crippen molar-refractivity contribution in [2.45, 2.75) is 58.2 Å². The Morgan fingerprint density at radius 2 is 2.10 bits per heavy atom. The summed E-state index contributed by atoms with van der Waals surface area (Å²) in [4.78, 5) is 29.1. The zero-order chi connectivity index (χ0) is 21.9. The SMILES string of the molecule is Cc1ccc(F)c(NC2=NCC3=C2CN(C(=O)N2C[C@@H]4CCCN4C[C@@H]2C)C3(C)C)n1. The second-order valence-corrected chi connectivity index (χ2v) is 9.75. The highest BCUT2D eigenvalue weighted by Gasteiger charge is 2.48. The van der Waals surface area contributed by atoms with Crippen LogP contribution in [0.4, 0.5) is 15.0 Å². The van der Waals surface area contributed by atoms with Gasteiger partial charge in [0.1, 0.15) is 5.84 Å². The summed E-state index contributed by atoms with van der Waals surface area (Å²) >= 11 is 0. The van der Waals surface area contributed by atoms with Gasteiger partial charge in [-0.05, 0) is 64.8 Å². The molecule has 4 aliphatic heterocycles. The fourth-order valence-electron chi connectivity index (χ4n) is 5.51. The molecule has 166 valence electrons. The molecule has 7 nitrogen and oxygen atoms in total. The topological polar surface area (TPSA) is 64.1 Å². The van der Waals surface area contributed by atoms with E-state index in [0.29, 0.717) is 25.0 Å². The fraction of sp³-hybridized carbons (Fsp3) is 0.609. The number of rotatable bonds is 1. The van der Waals surface area contributed by atoms with Gasteiger partial charge in [0.15, 0.2) is 11.6 Å². The summed E-state index contributed by atoms with van der Waals surface area (Å²) in [5, 5.41) is 3.09. The van der Waals surface area contributed by atoms with E-state index in [9.17, 15) is 9.18 Å². The van der Waals surface area contributed by atoms with Gasteiger partial charge in [0.25, 0.3) is 0 Å². The van der Waals surface area contributed by atoms with Gasteiger partial charge in [0.2, 0.25) is 0 Å².